The van der Waals surface area contributed by atoms with Gasteiger partial charge in [-0.25, -0.2) is 17.8 Å². The number of aromatic nitrogens is 1. The number of halogens is 1. The first-order valence-corrected chi connectivity index (χ1v) is 11.3. The summed E-state index contributed by atoms with van der Waals surface area (Å²) in [6, 6.07) is 12.6. The lowest BCUT2D eigenvalue weighted by Crippen LogP contribution is -2.36. The molecule has 0 bridgehead atoms. The van der Waals surface area contributed by atoms with E-state index in [1.54, 1.807) is 10.3 Å². The van der Waals surface area contributed by atoms with Crippen LogP contribution >= 0.6 is 11.3 Å². The van der Waals surface area contributed by atoms with Crippen molar-refractivity contribution in [3.05, 3.63) is 76.5 Å². The molecular weight excluding hydrogens is 413 g/mol. The van der Waals surface area contributed by atoms with Gasteiger partial charge < -0.3 is 4.90 Å². The Kier molecular flexibility index (Phi) is 5.33. The monoisotopic (exact) mass is 431 g/mol. The van der Waals surface area contributed by atoms with Crippen LogP contribution in [-0.4, -0.2) is 30.8 Å². The van der Waals surface area contributed by atoms with Gasteiger partial charge in [-0.2, -0.15) is 0 Å². The summed E-state index contributed by atoms with van der Waals surface area (Å²) in [6.45, 7) is 1.23. The Hall–Kier alpha value is -2.78. The highest BCUT2D eigenvalue weighted by atomic mass is 32.2. The number of carbonyl (C=O) groups is 1. The molecule has 0 aliphatic carbocycles. The molecule has 2 aromatic carbocycles. The average molecular weight is 432 g/mol. The zero-order valence-corrected chi connectivity index (χ0v) is 17.0. The van der Waals surface area contributed by atoms with Gasteiger partial charge in [0.25, 0.3) is 10.0 Å². The Labute approximate surface area is 172 Å². The molecule has 1 amide bonds. The largest absolute Gasteiger partial charge is 0.338 e. The molecule has 2 heterocycles. The number of hydrogen-bond donors (Lipinski definition) is 1. The number of carbonyl (C=O) groups excluding carboxylic acids is 1. The minimum atomic E-state index is -3.86. The van der Waals surface area contributed by atoms with Crippen molar-refractivity contribution in [2.45, 2.75) is 24.3 Å². The number of amides is 1. The number of rotatable bonds is 5. The van der Waals surface area contributed by atoms with Crippen LogP contribution in [0.3, 0.4) is 0 Å². The summed E-state index contributed by atoms with van der Waals surface area (Å²) in [4.78, 5) is 18.6. The summed E-state index contributed by atoms with van der Waals surface area (Å²) in [5.74, 6) is -0.558. The van der Waals surface area contributed by atoms with Crippen molar-refractivity contribution >= 4 is 32.4 Å². The minimum absolute atomic E-state index is 0.0438. The highest BCUT2D eigenvalue weighted by Crippen LogP contribution is 2.23. The molecule has 0 unspecified atom stereocenters. The van der Waals surface area contributed by atoms with Crippen LogP contribution in [0.15, 0.2) is 58.8 Å². The molecule has 29 heavy (non-hydrogen) atoms. The van der Waals surface area contributed by atoms with Crippen LogP contribution in [0.4, 0.5) is 9.52 Å². The van der Waals surface area contributed by atoms with E-state index >= 15 is 0 Å². The van der Waals surface area contributed by atoms with Gasteiger partial charge in [0.2, 0.25) is 5.91 Å². The fourth-order valence-electron chi connectivity index (χ4n) is 3.20. The fraction of sp³-hybridized carbons (Fsp3) is 0.200. The third kappa shape index (κ3) is 4.46. The highest BCUT2D eigenvalue weighted by Gasteiger charge is 2.22. The van der Waals surface area contributed by atoms with Crippen molar-refractivity contribution in [1.29, 1.82) is 0 Å². The van der Waals surface area contributed by atoms with E-state index in [0.717, 1.165) is 35.5 Å². The Morgan fingerprint density at radius 3 is 2.62 bits per heavy atom. The maximum absolute atomic E-state index is 13.0. The molecule has 0 fully saturated rings. The molecule has 4 rings (SSSR count). The molecule has 0 spiro atoms. The summed E-state index contributed by atoms with van der Waals surface area (Å²) >= 11 is 1.11. The minimum Gasteiger partial charge on any atom is -0.338 e. The van der Waals surface area contributed by atoms with E-state index in [1.165, 1.54) is 17.7 Å². The van der Waals surface area contributed by atoms with Gasteiger partial charge in [0, 0.05) is 18.5 Å². The van der Waals surface area contributed by atoms with Crippen LogP contribution < -0.4 is 4.72 Å². The molecule has 0 saturated heterocycles. The lowest BCUT2D eigenvalue weighted by molar-refractivity contribution is -0.131. The summed E-state index contributed by atoms with van der Waals surface area (Å²) in [5, 5.41) is 1.83. The summed E-state index contributed by atoms with van der Waals surface area (Å²) in [6.07, 6.45) is 0.929. The van der Waals surface area contributed by atoms with Crippen molar-refractivity contribution in [2.24, 2.45) is 0 Å². The highest BCUT2D eigenvalue weighted by molar-refractivity contribution is 7.93. The molecular formula is C20H18FN3O3S2. The fourth-order valence-corrected chi connectivity index (χ4v) is 5.16. The number of hydrogen-bond acceptors (Lipinski definition) is 5. The van der Waals surface area contributed by atoms with E-state index in [4.69, 9.17) is 0 Å². The van der Waals surface area contributed by atoms with Crippen molar-refractivity contribution in [1.82, 2.24) is 9.88 Å². The van der Waals surface area contributed by atoms with Gasteiger partial charge in [-0.15, -0.1) is 11.3 Å². The Bertz CT molecular complexity index is 1140. The molecule has 9 heteroatoms. The lowest BCUT2D eigenvalue weighted by atomic mass is 10.00. The first-order valence-electron chi connectivity index (χ1n) is 8.98. The van der Waals surface area contributed by atoms with Crippen molar-refractivity contribution in [2.75, 3.05) is 11.3 Å². The van der Waals surface area contributed by atoms with Gasteiger partial charge in [0.15, 0.2) is 5.13 Å². The van der Waals surface area contributed by atoms with Gasteiger partial charge >= 0.3 is 0 Å². The zero-order chi connectivity index (χ0) is 20.4. The third-order valence-electron chi connectivity index (χ3n) is 4.71. The van der Waals surface area contributed by atoms with Crippen LogP contribution in [0, 0.1) is 5.82 Å². The van der Waals surface area contributed by atoms with Crippen LogP contribution in [-0.2, 0) is 34.2 Å². The first-order chi connectivity index (χ1) is 13.9. The number of nitrogens with zero attached hydrogens (tertiary/aromatic N) is 2. The van der Waals surface area contributed by atoms with E-state index in [9.17, 15) is 17.6 Å². The average Bonchev–Trinajstić information content (AvgIpc) is 3.13. The van der Waals surface area contributed by atoms with Crippen molar-refractivity contribution < 1.29 is 17.6 Å². The summed E-state index contributed by atoms with van der Waals surface area (Å²) in [5.41, 5.74) is 2.93. The number of benzene rings is 2. The van der Waals surface area contributed by atoms with E-state index in [1.807, 2.05) is 18.2 Å². The van der Waals surface area contributed by atoms with Gasteiger partial charge in [-0.1, -0.05) is 24.3 Å². The molecule has 1 aliphatic rings. The lowest BCUT2D eigenvalue weighted by Gasteiger charge is -2.28. The molecule has 0 saturated carbocycles. The van der Waals surface area contributed by atoms with Gasteiger partial charge in [-0.3, -0.25) is 9.52 Å². The van der Waals surface area contributed by atoms with Crippen molar-refractivity contribution in [3.63, 3.8) is 0 Å². The van der Waals surface area contributed by atoms with E-state index in [2.05, 4.69) is 15.8 Å². The predicted octanol–water partition coefficient (Wildman–Crippen LogP) is 3.21. The second-order valence-electron chi connectivity index (χ2n) is 6.71. The number of nitrogens with one attached hydrogen (secondary N) is 1. The molecule has 150 valence electrons. The normalized spacial score (nSPS) is 13.8. The maximum Gasteiger partial charge on any atom is 0.263 e. The second kappa shape index (κ2) is 7.92. The van der Waals surface area contributed by atoms with E-state index in [-0.39, 0.29) is 22.4 Å². The molecule has 1 aromatic heterocycles. The number of sulfonamides is 1. The molecule has 0 atom stereocenters. The summed E-state index contributed by atoms with van der Waals surface area (Å²) in [7, 11) is -3.86. The number of fused-ring (bicyclic) bond motifs is 1. The molecule has 3 aromatic rings. The zero-order valence-electron chi connectivity index (χ0n) is 15.3. The quantitative estimate of drug-likeness (QED) is 0.673. The molecule has 1 N–H and O–H groups in total. The topological polar surface area (TPSA) is 79.4 Å². The summed E-state index contributed by atoms with van der Waals surface area (Å²) < 4.78 is 40.1. The Morgan fingerprint density at radius 2 is 1.86 bits per heavy atom. The van der Waals surface area contributed by atoms with E-state index < -0.39 is 15.8 Å². The SMILES string of the molecule is O=C(Cc1csc(NS(=O)(=O)c2ccc(F)cc2)n1)N1CCc2ccccc2C1. The Morgan fingerprint density at radius 1 is 1.14 bits per heavy atom. The molecule has 0 radical (unpaired) electrons. The smallest absolute Gasteiger partial charge is 0.263 e. The predicted molar refractivity (Wildman–Crippen MR) is 109 cm³/mol. The Balaban J connectivity index is 1.40. The molecule has 6 nitrogen and oxygen atoms in total. The first kappa shape index (κ1) is 19.5. The third-order valence-corrected chi connectivity index (χ3v) is 7.00. The number of thiazole rings is 1. The second-order valence-corrected chi connectivity index (χ2v) is 9.25. The van der Waals surface area contributed by atoms with Gasteiger partial charge in [0.05, 0.1) is 17.0 Å². The van der Waals surface area contributed by atoms with Crippen molar-refractivity contribution in [3.8, 4) is 0 Å². The standard InChI is InChI=1S/C20H18FN3O3S2/c21-16-5-7-18(8-6-16)29(26,27)23-20-22-17(13-28-20)11-19(25)24-10-9-14-3-1-2-4-15(14)12-24/h1-8,13H,9-12H2,(H,22,23). The van der Waals surface area contributed by atoms with Crippen LogP contribution in [0.5, 0.6) is 0 Å². The van der Waals surface area contributed by atoms with Crippen LogP contribution in [0.1, 0.15) is 16.8 Å². The maximum atomic E-state index is 13.0. The van der Waals surface area contributed by atoms with Crippen LogP contribution in [0.25, 0.3) is 0 Å². The van der Waals surface area contributed by atoms with Crippen LogP contribution in [0.2, 0.25) is 0 Å². The van der Waals surface area contributed by atoms with E-state index in [0.29, 0.717) is 18.8 Å². The van der Waals surface area contributed by atoms with Gasteiger partial charge in [0.1, 0.15) is 5.82 Å². The van der Waals surface area contributed by atoms with Gasteiger partial charge in [-0.05, 0) is 41.8 Å². The number of anilines is 1. The molecule has 1 aliphatic heterocycles.